The van der Waals surface area contributed by atoms with Gasteiger partial charge in [-0.2, -0.15) is 0 Å². The van der Waals surface area contributed by atoms with Crippen LogP contribution in [0.2, 0.25) is 0 Å². The Bertz CT molecular complexity index is 123. The first kappa shape index (κ1) is 13.6. The zero-order chi connectivity index (χ0) is 10.8. The zero-order valence-electron chi connectivity index (χ0n) is 9.36. The second-order valence-corrected chi connectivity index (χ2v) is 2.74. The topological polar surface area (TPSA) is 36.9 Å². The third-order valence-corrected chi connectivity index (χ3v) is 1.88. The van der Waals surface area contributed by atoms with Gasteiger partial charge in [-0.1, -0.05) is 12.2 Å². The number of methoxy groups -OCH3 is 4. The van der Waals surface area contributed by atoms with Crippen molar-refractivity contribution in [3.63, 3.8) is 0 Å². The van der Waals surface area contributed by atoms with Crippen molar-refractivity contribution in [2.24, 2.45) is 0 Å². The molecule has 4 heteroatoms. The molecule has 0 spiro atoms. The van der Waals surface area contributed by atoms with E-state index in [0.29, 0.717) is 0 Å². The van der Waals surface area contributed by atoms with Gasteiger partial charge in [-0.25, -0.2) is 0 Å². The van der Waals surface area contributed by atoms with E-state index in [2.05, 4.69) is 0 Å². The van der Waals surface area contributed by atoms with Crippen LogP contribution < -0.4 is 0 Å². The Morgan fingerprint density at radius 1 is 0.714 bits per heavy atom. The summed E-state index contributed by atoms with van der Waals surface area (Å²) in [7, 11) is 6.48. The maximum absolute atomic E-state index is 5.02. The van der Waals surface area contributed by atoms with Crippen LogP contribution in [0, 0.1) is 0 Å². The molecule has 0 aliphatic heterocycles. The zero-order valence-corrected chi connectivity index (χ0v) is 9.36. The van der Waals surface area contributed by atoms with Crippen molar-refractivity contribution in [3.05, 3.63) is 12.2 Å². The molecular formula is C10H20O4. The van der Waals surface area contributed by atoms with E-state index >= 15 is 0 Å². The van der Waals surface area contributed by atoms with E-state index in [1.54, 1.807) is 28.4 Å². The summed E-state index contributed by atoms with van der Waals surface area (Å²) in [6.07, 6.45) is 5.09. The Hall–Kier alpha value is -0.420. The molecule has 0 saturated heterocycles. The van der Waals surface area contributed by atoms with E-state index in [-0.39, 0.29) is 12.6 Å². The minimum Gasteiger partial charge on any atom is -0.356 e. The summed E-state index contributed by atoms with van der Waals surface area (Å²) in [6, 6.07) is 0. The summed E-state index contributed by atoms with van der Waals surface area (Å²) in [6.45, 7) is 0. The number of rotatable bonds is 8. The van der Waals surface area contributed by atoms with Gasteiger partial charge in [-0.05, 0) is 0 Å². The van der Waals surface area contributed by atoms with Crippen molar-refractivity contribution in [1.29, 1.82) is 0 Å². The van der Waals surface area contributed by atoms with E-state index < -0.39 is 0 Å². The Balaban J connectivity index is 3.61. The predicted molar refractivity (Wildman–Crippen MR) is 54.0 cm³/mol. The van der Waals surface area contributed by atoms with Gasteiger partial charge >= 0.3 is 0 Å². The van der Waals surface area contributed by atoms with Crippen LogP contribution in [0.5, 0.6) is 0 Å². The number of ether oxygens (including phenoxy) is 4. The molecule has 0 bridgehead atoms. The molecule has 0 aromatic rings. The van der Waals surface area contributed by atoms with Gasteiger partial charge in [0.05, 0.1) is 0 Å². The Morgan fingerprint density at radius 2 is 1.00 bits per heavy atom. The maximum atomic E-state index is 5.02. The maximum Gasteiger partial charge on any atom is 0.160 e. The molecule has 0 amide bonds. The first-order valence-electron chi connectivity index (χ1n) is 4.54. The molecule has 0 radical (unpaired) electrons. The van der Waals surface area contributed by atoms with Crippen LogP contribution in [-0.2, 0) is 18.9 Å². The van der Waals surface area contributed by atoms with Crippen LogP contribution in [0.3, 0.4) is 0 Å². The first-order valence-corrected chi connectivity index (χ1v) is 4.54. The summed E-state index contributed by atoms with van der Waals surface area (Å²) in [4.78, 5) is 0. The van der Waals surface area contributed by atoms with Gasteiger partial charge in [0, 0.05) is 41.3 Å². The average molecular weight is 204 g/mol. The minimum absolute atomic E-state index is 0.171. The Morgan fingerprint density at radius 3 is 1.21 bits per heavy atom. The van der Waals surface area contributed by atoms with Gasteiger partial charge in [-0.15, -0.1) is 0 Å². The van der Waals surface area contributed by atoms with Gasteiger partial charge in [0.25, 0.3) is 0 Å². The second-order valence-electron chi connectivity index (χ2n) is 2.74. The van der Waals surface area contributed by atoms with Crippen molar-refractivity contribution >= 4 is 0 Å². The predicted octanol–water partition coefficient (Wildman–Crippen LogP) is 1.56. The van der Waals surface area contributed by atoms with Gasteiger partial charge < -0.3 is 18.9 Å². The quantitative estimate of drug-likeness (QED) is 0.444. The minimum atomic E-state index is -0.171. The average Bonchev–Trinajstić information content (AvgIpc) is 2.24. The highest BCUT2D eigenvalue weighted by molar-refractivity contribution is 4.83. The lowest BCUT2D eigenvalue weighted by molar-refractivity contribution is -0.101. The molecule has 0 aliphatic carbocycles. The molecule has 0 heterocycles. The summed E-state index contributed by atoms with van der Waals surface area (Å²) in [5, 5.41) is 0. The highest BCUT2D eigenvalue weighted by Crippen LogP contribution is 2.02. The molecule has 0 aromatic carbocycles. The fraction of sp³-hybridized carbons (Fsp3) is 0.800. The van der Waals surface area contributed by atoms with Crippen LogP contribution >= 0.6 is 0 Å². The van der Waals surface area contributed by atoms with Crippen LogP contribution in [0.4, 0.5) is 0 Å². The molecule has 4 nitrogen and oxygen atoms in total. The third kappa shape index (κ3) is 6.10. The molecule has 14 heavy (non-hydrogen) atoms. The van der Waals surface area contributed by atoms with Gasteiger partial charge in [-0.3, -0.25) is 0 Å². The lowest BCUT2D eigenvalue weighted by atomic mass is 10.3. The van der Waals surface area contributed by atoms with E-state index in [0.717, 1.165) is 12.8 Å². The van der Waals surface area contributed by atoms with E-state index in [1.165, 1.54) is 0 Å². The highest BCUT2D eigenvalue weighted by atomic mass is 16.7. The second kappa shape index (κ2) is 9.15. The van der Waals surface area contributed by atoms with Crippen molar-refractivity contribution < 1.29 is 18.9 Å². The molecule has 0 unspecified atom stereocenters. The monoisotopic (exact) mass is 204 g/mol. The van der Waals surface area contributed by atoms with E-state index in [9.17, 15) is 0 Å². The summed E-state index contributed by atoms with van der Waals surface area (Å²) in [5.74, 6) is 0. The first-order chi connectivity index (χ1) is 6.78. The Labute approximate surface area is 85.8 Å². The molecule has 84 valence electrons. The molecule has 0 saturated carbocycles. The standard InChI is InChI=1S/C10H20O4/c1-11-9(12-2)7-5-6-8-10(13-3)14-4/h5-6,9-10H,7-8H2,1-4H3/b6-5-. The lowest BCUT2D eigenvalue weighted by Gasteiger charge is -2.11. The van der Waals surface area contributed by atoms with Crippen molar-refractivity contribution in [2.45, 2.75) is 25.4 Å². The molecule has 0 aliphatic rings. The van der Waals surface area contributed by atoms with Crippen LogP contribution in [0.1, 0.15) is 12.8 Å². The van der Waals surface area contributed by atoms with E-state index in [1.807, 2.05) is 12.2 Å². The number of hydrogen-bond acceptors (Lipinski definition) is 4. The van der Waals surface area contributed by atoms with Crippen molar-refractivity contribution in [2.75, 3.05) is 28.4 Å². The van der Waals surface area contributed by atoms with Gasteiger partial charge in [0.15, 0.2) is 12.6 Å². The van der Waals surface area contributed by atoms with Gasteiger partial charge in [0.2, 0.25) is 0 Å². The van der Waals surface area contributed by atoms with Crippen LogP contribution in [0.25, 0.3) is 0 Å². The normalized spacial score (nSPS) is 12.1. The summed E-state index contributed by atoms with van der Waals surface area (Å²) < 4.78 is 20.1. The third-order valence-electron chi connectivity index (χ3n) is 1.88. The molecule has 0 atom stereocenters. The lowest BCUT2D eigenvalue weighted by Crippen LogP contribution is -2.12. The summed E-state index contributed by atoms with van der Waals surface area (Å²) in [5.41, 5.74) is 0. The Kier molecular flexibility index (Phi) is 8.87. The SMILES string of the molecule is COC(C/C=C\CC(OC)OC)OC. The molecule has 0 rings (SSSR count). The largest absolute Gasteiger partial charge is 0.356 e. The molecule has 0 aromatic heterocycles. The van der Waals surface area contributed by atoms with Gasteiger partial charge in [0.1, 0.15) is 0 Å². The van der Waals surface area contributed by atoms with Crippen molar-refractivity contribution in [1.82, 2.24) is 0 Å². The van der Waals surface area contributed by atoms with Crippen LogP contribution in [-0.4, -0.2) is 41.0 Å². The van der Waals surface area contributed by atoms with E-state index in [4.69, 9.17) is 18.9 Å². The highest BCUT2D eigenvalue weighted by Gasteiger charge is 2.02. The smallest absolute Gasteiger partial charge is 0.160 e. The summed E-state index contributed by atoms with van der Waals surface area (Å²) >= 11 is 0. The fourth-order valence-corrected chi connectivity index (χ4v) is 0.992. The molecule has 0 fully saturated rings. The van der Waals surface area contributed by atoms with Crippen molar-refractivity contribution in [3.8, 4) is 0 Å². The fourth-order valence-electron chi connectivity index (χ4n) is 0.992. The molecule has 0 N–H and O–H groups in total. The number of hydrogen-bond donors (Lipinski definition) is 0. The van der Waals surface area contributed by atoms with Crippen LogP contribution in [0.15, 0.2) is 12.2 Å². The molecular weight excluding hydrogens is 184 g/mol.